The van der Waals surface area contributed by atoms with Crippen molar-refractivity contribution in [1.29, 1.82) is 0 Å². The maximum absolute atomic E-state index is 9.89. The Hall–Kier alpha value is -1.84. The topological polar surface area (TPSA) is 44.3 Å². The van der Waals surface area contributed by atoms with Crippen molar-refractivity contribution in [2.24, 2.45) is 0 Å². The highest BCUT2D eigenvalue weighted by molar-refractivity contribution is 5.53. The van der Waals surface area contributed by atoms with Crippen LogP contribution in [0.2, 0.25) is 0 Å². The van der Waals surface area contributed by atoms with Crippen LogP contribution in [0.4, 0.5) is 5.69 Å². The standard InChI is InChI=1S/C21H28N2O/c1-16(24)14-18(17-8-3-2-4-9-17)15-23-21-12-7-13-22-20-11-6-5-10-19(20)21/h2-6,8-11,16,18,21-24H,7,12-15H2,1H3/t16-,18+,21+/m0/s1. The van der Waals surface area contributed by atoms with Gasteiger partial charge in [-0.3, -0.25) is 0 Å². The summed E-state index contributed by atoms with van der Waals surface area (Å²) in [6.07, 6.45) is 2.79. The quantitative estimate of drug-likeness (QED) is 0.750. The van der Waals surface area contributed by atoms with Gasteiger partial charge in [0, 0.05) is 24.8 Å². The van der Waals surface area contributed by atoms with Gasteiger partial charge in [-0.2, -0.15) is 0 Å². The maximum Gasteiger partial charge on any atom is 0.0518 e. The first-order valence-corrected chi connectivity index (χ1v) is 9.03. The van der Waals surface area contributed by atoms with Crippen LogP contribution in [0.1, 0.15) is 49.3 Å². The number of rotatable bonds is 6. The van der Waals surface area contributed by atoms with E-state index in [1.165, 1.54) is 23.2 Å². The van der Waals surface area contributed by atoms with Gasteiger partial charge in [-0.1, -0.05) is 48.5 Å². The minimum Gasteiger partial charge on any atom is -0.393 e. The lowest BCUT2D eigenvalue weighted by Gasteiger charge is -2.24. The summed E-state index contributed by atoms with van der Waals surface area (Å²) in [5, 5.41) is 17.2. The van der Waals surface area contributed by atoms with E-state index in [4.69, 9.17) is 0 Å². The number of benzene rings is 2. The highest BCUT2D eigenvalue weighted by Crippen LogP contribution is 2.30. The molecule has 0 aromatic heterocycles. The van der Waals surface area contributed by atoms with Crippen molar-refractivity contribution in [3.05, 3.63) is 65.7 Å². The number of aliphatic hydroxyl groups is 1. The summed E-state index contributed by atoms with van der Waals surface area (Å²) in [5.41, 5.74) is 3.91. The van der Waals surface area contributed by atoms with Gasteiger partial charge in [-0.25, -0.2) is 0 Å². The Bertz CT molecular complexity index is 627. The number of nitrogens with one attached hydrogen (secondary N) is 2. The first-order chi connectivity index (χ1) is 11.7. The molecule has 0 radical (unpaired) electrons. The van der Waals surface area contributed by atoms with Crippen LogP contribution in [0.15, 0.2) is 54.6 Å². The predicted molar refractivity (Wildman–Crippen MR) is 100 cm³/mol. The zero-order chi connectivity index (χ0) is 16.8. The fourth-order valence-corrected chi connectivity index (χ4v) is 3.62. The van der Waals surface area contributed by atoms with E-state index in [-0.39, 0.29) is 6.10 Å². The van der Waals surface area contributed by atoms with Crippen LogP contribution in [0.25, 0.3) is 0 Å². The van der Waals surface area contributed by atoms with Crippen LogP contribution >= 0.6 is 0 Å². The van der Waals surface area contributed by atoms with Crippen molar-refractivity contribution in [2.45, 2.75) is 44.2 Å². The third kappa shape index (κ3) is 4.37. The molecule has 0 unspecified atom stereocenters. The van der Waals surface area contributed by atoms with Gasteiger partial charge in [0.05, 0.1) is 6.10 Å². The van der Waals surface area contributed by atoms with E-state index in [9.17, 15) is 5.11 Å². The molecule has 3 atom stereocenters. The summed E-state index contributed by atoms with van der Waals surface area (Å²) < 4.78 is 0. The van der Waals surface area contributed by atoms with Crippen molar-refractivity contribution in [2.75, 3.05) is 18.4 Å². The largest absolute Gasteiger partial charge is 0.393 e. The fraction of sp³-hybridized carbons (Fsp3) is 0.429. The lowest BCUT2D eigenvalue weighted by molar-refractivity contribution is 0.172. The van der Waals surface area contributed by atoms with Crippen molar-refractivity contribution in [3.8, 4) is 0 Å². The molecular formula is C21H28N2O. The number of anilines is 1. The van der Waals surface area contributed by atoms with E-state index in [1.807, 2.05) is 13.0 Å². The second kappa shape index (κ2) is 8.32. The minimum atomic E-state index is -0.292. The summed E-state index contributed by atoms with van der Waals surface area (Å²) >= 11 is 0. The summed E-state index contributed by atoms with van der Waals surface area (Å²) in [4.78, 5) is 0. The lowest BCUT2D eigenvalue weighted by atomic mass is 9.92. The molecule has 1 aliphatic rings. The normalized spacial score (nSPS) is 19.7. The fourth-order valence-electron chi connectivity index (χ4n) is 3.62. The smallest absolute Gasteiger partial charge is 0.0518 e. The number of aliphatic hydroxyl groups excluding tert-OH is 1. The van der Waals surface area contributed by atoms with Crippen LogP contribution in [-0.4, -0.2) is 24.3 Å². The molecule has 0 amide bonds. The van der Waals surface area contributed by atoms with Crippen LogP contribution in [0, 0.1) is 0 Å². The zero-order valence-corrected chi connectivity index (χ0v) is 14.4. The van der Waals surface area contributed by atoms with Crippen LogP contribution in [0.3, 0.4) is 0 Å². The average molecular weight is 324 g/mol. The molecule has 3 rings (SSSR count). The van der Waals surface area contributed by atoms with E-state index in [0.717, 1.165) is 25.9 Å². The summed E-state index contributed by atoms with van der Waals surface area (Å²) in [6, 6.07) is 19.5. The number of hydrogen-bond donors (Lipinski definition) is 3. The molecule has 3 nitrogen and oxygen atoms in total. The molecule has 0 spiro atoms. The summed E-state index contributed by atoms with van der Waals surface area (Å²) in [7, 11) is 0. The molecule has 3 heteroatoms. The van der Waals surface area contributed by atoms with Gasteiger partial charge in [0.2, 0.25) is 0 Å². The molecule has 0 saturated carbocycles. The molecule has 128 valence electrons. The van der Waals surface area contributed by atoms with Crippen LogP contribution < -0.4 is 10.6 Å². The van der Waals surface area contributed by atoms with E-state index in [0.29, 0.717) is 12.0 Å². The minimum absolute atomic E-state index is 0.292. The highest BCUT2D eigenvalue weighted by atomic mass is 16.3. The third-order valence-electron chi connectivity index (χ3n) is 4.83. The predicted octanol–water partition coefficient (Wildman–Crippen LogP) is 4.08. The Kier molecular flexibility index (Phi) is 5.89. The molecule has 24 heavy (non-hydrogen) atoms. The molecule has 1 heterocycles. The summed E-state index contributed by atoms with van der Waals surface area (Å²) in [6.45, 7) is 3.79. The molecule has 0 fully saturated rings. The second-order valence-corrected chi connectivity index (χ2v) is 6.81. The van der Waals surface area contributed by atoms with E-state index in [1.54, 1.807) is 0 Å². The highest BCUT2D eigenvalue weighted by Gasteiger charge is 2.20. The monoisotopic (exact) mass is 324 g/mol. The van der Waals surface area contributed by atoms with Gasteiger partial charge in [-0.05, 0) is 49.3 Å². The molecule has 2 aromatic rings. The van der Waals surface area contributed by atoms with Crippen molar-refractivity contribution in [3.63, 3.8) is 0 Å². The van der Waals surface area contributed by atoms with Gasteiger partial charge < -0.3 is 15.7 Å². The van der Waals surface area contributed by atoms with E-state index >= 15 is 0 Å². The molecule has 1 aliphatic heterocycles. The van der Waals surface area contributed by atoms with Gasteiger partial charge >= 0.3 is 0 Å². The number of fused-ring (bicyclic) bond motifs is 1. The van der Waals surface area contributed by atoms with Crippen molar-refractivity contribution < 1.29 is 5.11 Å². The van der Waals surface area contributed by atoms with Crippen molar-refractivity contribution in [1.82, 2.24) is 5.32 Å². The van der Waals surface area contributed by atoms with Gasteiger partial charge in [0.1, 0.15) is 0 Å². The molecule has 3 N–H and O–H groups in total. The van der Waals surface area contributed by atoms with E-state index < -0.39 is 0 Å². The van der Waals surface area contributed by atoms with Crippen LogP contribution in [0.5, 0.6) is 0 Å². The Morgan fingerprint density at radius 2 is 1.88 bits per heavy atom. The summed E-state index contributed by atoms with van der Waals surface area (Å²) in [5.74, 6) is 0.328. The van der Waals surface area contributed by atoms with E-state index in [2.05, 4.69) is 59.2 Å². The molecular weight excluding hydrogens is 296 g/mol. The molecule has 2 aromatic carbocycles. The molecule has 0 saturated heterocycles. The van der Waals surface area contributed by atoms with Crippen molar-refractivity contribution >= 4 is 5.69 Å². The molecule has 0 bridgehead atoms. The third-order valence-corrected chi connectivity index (χ3v) is 4.83. The Morgan fingerprint density at radius 1 is 1.12 bits per heavy atom. The maximum atomic E-state index is 9.89. The first-order valence-electron chi connectivity index (χ1n) is 9.03. The van der Waals surface area contributed by atoms with Gasteiger partial charge in [-0.15, -0.1) is 0 Å². The van der Waals surface area contributed by atoms with Gasteiger partial charge in [0.15, 0.2) is 0 Å². The number of para-hydroxylation sites is 1. The second-order valence-electron chi connectivity index (χ2n) is 6.81. The Balaban J connectivity index is 1.72. The SMILES string of the molecule is C[C@H](O)C[C@H](CN[C@@H]1CCCNc2ccccc21)c1ccccc1. The number of hydrogen-bond acceptors (Lipinski definition) is 3. The van der Waals surface area contributed by atoms with Gasteiger partial charge in [0.25, 0.3) is 0 Å². The molecule has 0 aliphatic carbocycles. The Morgan fingerprint density at radius 3 is 2.67 bits per heavy atom. The zero-order valence-electron chi connectivity index (χ0n) is 14.4. The average Bonchev–Trinajstić information content (AvgIpc) is 2.81. The Labute approximate surface area is 145 Å². The van der Waals surface area contributed by atoms with Crippen LogP contribution in [-0.2, 0) is 0 Å². The first kappa shape index (κ1) is 17.0. The lowest BCUT2D eigenvalue weighted by Crippen LogP contribution is -2.28.